The molecule has 0 atom stereocenters. The van der Waals surface area contributed by atoms with Crippen LogP contribution in [0.1, 0.15) is 20.8 Å². The van der Waals surface area contributed by atoms with Crippen molar-refractivity contribution in [3.8, 4) is 5.75 Å². The van der Waals surface area contributed by atoms with Gasteiger partial charge in [-0.05, 0) is 61.5 Å². The van der Waals surface area contributed by atoms with Gasteiger partial charge in [-0.25, -0.2) is 9.78 Å². The van der Waals surface area contributed by atoms with Crippen LogP contribution in [-0.2, 0) is 14.3 Å². The fourth-order valence-corrected chi connectivity index (χ4v) is 2.61. The summed E-state index contributed by atoms with van der Waals surface area (Å²) < 4.78 is 10.2. The molecule has 3 rings (SSSR count). The first-order valence-corrected chi connectivity index (χ1v) is 10.8. The third-order valence-electron chi connectivity index (χ3n) is 4.02. The molecule has 0 radical (unpaired) electrons. The lowest BCUT2D eigenvalue weighted by Gasteiger charge is -2.10. The van der Waals surface area contributed by atoms with Gasteiger partial charge in [-0.1, -0.05) is 26.5 Å². The SMILES string of the molecule is C=CC(=O)Nc1cccc(Nc2ccnc(Nc3ccc(OCC(=O)OCC)cc3)n2)c1.CC. The lowest BCUT2D eigenvalue weighted by atomic mass is 10.2. The molecule has 2 aromatic carbocycles. The number of carbonyl (C=O) groups excluding carboxylic acids is 2. The number of anilines is 5. The number of amides is 1. The number of nitrogens with zero attached hydrogens (tertiary/aromatic N) is 2. The summed E-state index contributed by atoms with van der Waals surface area (Å²) in [5.41, 5.74) is 2.14. The Hall–Kier alpha value is -4.40. The molecule has 0 aliphatic carbocycles. The van der Waals surface area contributed by atoms with Crippen molar-refractivity contribution in [2.75, 3.05) is 29.2 Å². The number of aromatic nitrogens is 2. The third-order valence-corrected chi connectivity index (χ3v) is 4.02. The molecule has 0 spiro atoms. The molecule has 1 amide bonds. The Bertz CT molecular complexity index is 1090. The second-order valence-electron chi connectivity index (χ2n) is 6.41. The van der Waals surface area contributed by atoms with Crippen molar-refractivity contribution in [3.05, 3.63) is 73.4 Å². The molecular weight excluding hydrogens is 434 g/mol. The van der Waals surface area contributed by atoms with Crippen molar-refractivity contribution in [2.24, 2.45) is 0 Å². The topological polar surface area (TPSA) is 114 Å². The molecule has 0 saturated heterocycles. The summed E-state index contributed by atoms with van der Waals surface area (Å²) in [7, 11) is 0. The molecule has 34 heavy (non-hydrogen) atoms. The molecule has 0 saturated carbocycles. The lowest BCUT2D eigenvalue weighted by molar-refractivity contribution is -0.145. The van der Waals surface area contributed by atoms with E-state index in [2.05, 4.69) is 32.5 Å². The second-order valence-corrected chi connectivity index (χ2v) is 6.41. The second kappa shape index (κ2) is 13.9. The van der Waals surface area contributed by atoms with Crippen molar-refractivity contribution in [1.29, 1.82) is 0 Å². The highest BCUT2D eigenvalue weighted by molar-refractivity contribution is 5.99. The van der Waals surface area contributed by atoms with Crippen LogP contribution in [0.2, 0.25) is 0 Å². The zero-order valence-electron chi connectivity index (χ0n) is 19.5. The van der Waals surface area contributed by atoms with Gasteiger partial charge in [0, 0.05) is 23.3 Å². The first-order chi connectivity index (χ1) is 16.6. The summed E-state index contributed by atoms with van der Waals surface area (Å²) in [6.07, 6.45) is 2.83. The van der Waals surface area contributed by atoms with Crippen molar-refractivity contribution >= 4 is 40.7 Å². The Morgan fingerprint density at radius 2 is 1.74 bits per heavy atom. The molecule has 1 heterocycles. The van der Waals surface area contributed by atoms with E-state index >= 15 is 0 Å². The Labute approximate surface area is 199 Å². The van der Waals surface area contributed by atoms with E-state index in [-0.39, 0.29) is 12.5 Å². The van der Waals surface area contributed by atoms with Crippen LogP contribution >= 0.6 is 0 Å². The molecular formula is C25H29N5O4. The Morgan fingerprint density at radius 1 is 1.00 bits per heavy atom. The zero-order chi connectivity index (χ0) is 24.8. The van der Waals surface area contributed by atoms with Gasteiger partial charge in [0.15, 0.2) is 6.61 Å². The van der Waals surface area contributed by atoms with Crippen LogP contribution in [-0.4, -0.2) is 35.1 Å². The minimum absolute atomic E-state index is 0.143. The standard InChI is InChI=1S/C23H23N5O4.C2H6/c1-3-21(29)26-18-7-5-6-17(14-18)25-20-12-13-24-23(28-20)27-16-8-10-19(11-9-16)32-15-22(30)31-4-2;1-2/h3,5-14H,1,4,15H2,2H3,(H,26,29)(H2,24,25,27,28);1-2H3. The van der Waals surface area contributed by atoms with E-state index in [9.17, 15) is 9.59 Å². The molecule has 0 aliphatic rings. The average molecular weight is 464 g/mol. The molecule has 0 unspecified atom stereocenters. The van der Waals surface area contributed by atoms with E-state index in [1.165, 1.54) is 6.08 Å². The number of hydrogen-bond donors (Lipinski definition) is 3. The molecule has 178 valence electrons. The van der Waals surface area contributed by atoms with Gasteiger partial charge in [-0.15, -0.1) is 0 Å². The highest BCUT2D eigenvalue weighted by atomic mass is 16.6. The number of benzene rings is 2. The highest BCUT2D eigenvalue weighted by Gasteiger charge is 2.05. The predicted octanol–water partition coefficient (Wildman–Crippen LogP) is 5.06. The van der Waals surface area contributed by atoms with Crippen LogP contribution in [0, 0.1) is 0 Å². The molecule has 9 heteroatoms. The summed E-state index contributed by atoms with van der Waals surface area (Å²) in [5, 5.41) is 9.00. The fraction of sp³-hybridized carbons (Fsp3) is 0.200. The first kappa shape index (κ1) is 25.9. The Balaban J connectivity index is 0.00000199. The number of carbonyl (C=O) groups is 2. The van der Waals surface area contributed by atoms with E-state index < -0.39 is 5.97 Å². The van der Waals surface area contributed by atoms with Gasteiger partial charge in [0.05, 0.1) is 6.61 Å². The van der Waals surface area contributed by atoms with Crippen LogP contribution in [0.4, 0.5) is 28.8 Å². The summed E-state index contributed by atoms with van der Waals surface area (Å²) in [4.78, 5) is 31.5. The summed E-state index contributed by atoms with van der Waals surface area (Å²) in [6, 6.07) is 16.0. The molecule has 0 bridgehead atoms. The normalized spacial score (nSPS) is 9.62. The minimum atomic E-state index is -0.416. The van der Waals surface area contributed by atoms with Gasteiger partial charge in [-0.3, -0.25) is 4.79 Å². The van der Waals surface area contributed by atoms with Gasteiger partial charge in [0.2, 0.25) is 11.9 Å². The van der Waals surface area contributed by atoms with Crippen LogP contribution in [0.5, 0.6) is 5.75 Å². The maximum absolute atomic E-state index is 11.5. The van der Waals surface area contributed by atoms with Crippen molar-refractivity contribution in [1.82, 2.24) is 9.97 Å². The van der Waals surface area contributed by atoms with Crippen molar-refractivity contribution in [2.45, 2.75) is 20.8 Å². The predicted molar refractivity (Wildman–Crippen MR) is 134 cm³/mol. The van der Waals surface area contributed by atoms with Gasteiger partial charge in [-0.2, -0.15) is 4.98 Å². The van der Waals surface area contributed by atoms with Crippen LogP contribution in [0.25, 0.3) is 0 Å². The zero-order valence-corrected chi connectivity index (χ0v) is 19.5. The van der Waals surface area contributed by atoms with E-state index in [0.717, 1.165) is 11.4 Å². The lowest BCUT2D eigenvalue weighted by Crippen LogP contribution is -2.14. The number of hydrogen-bond acceptors (Lipinski definition) is 8. The van der Waals surface area contributed by atoms with Gasteiger partial charge >= 0.3 is 5.97 Å². The van der Waals surface area contributed by atoms with E-state index in [1.54, 1.807) is 55.6 Å². The van der Waals surface area contributed by atoms with E-state index in [0.29, 0.717) is 29.8 Å². The molecule has 3 N–H and O–H groups in total. The van der Waals surface area contributed by atoms with Crippen LogP contribution < -0.4 is 20.7 Å². The minimum Gasteiger partial charge on any atom is -0.482 e. The largest absolute Gasteiger partial charge is 0.482 e. The van der Waals surface area contributed by atoms with Gasteiger partial charge in [0.25, 0.3) is 0 Å². The average Bonchev–Trinajstić information content (AvgIpc) is 2.85. The van der Waals surface area contributed by atoms with Gasteiger partial charge in [0.1, 0.15) is 11.6 Å². The number of esters is 1. The monoisotopic (exact) mass is 463 g/mol. The summed E-state index contributed by atoms with van der Waals surface area (Å²) >= 11 is 0. The number of ether oxygens (including phenoxy) is 2. The first-order valence-electron chi connectivity index (χ1n) is 10.8. The van der Waals surface area contributed by atoms with E-state index in [4.69, 9.17) is 9.47 Å². The van der Waals surface area contributed by atoms with Crippen molar-refractivity contribution in [3.63, 3.8) is 0 Å². The number of rotatable bonds is 10. The van der Waals surface area contributed by atoms with Crippen LogP contribution in [0.3, 0.4) is 0 Å². The summed E-state index contributed by atoms with van der Waals surface area (Å²) in [5.74, 6) is 0.813. The fourth-order valence-electron chi connectivity index (χ4n) is 2.61. The Kier molecular flexibility index (Phi) is 10.6. The number of nitrogens with one attached hydrogen (secondary N) is 3. The van der Waals surface area contributed by atoms with E-state index in [1.807, 2.05) is 26.0 Å². The summed E-state index contributed by atoms with van der Waals surface area (Å²) in [6.45, 7) is 9.36. The molecule has 9 nitrogen and oxygen atoms in total. The molecule has 3 aromatic rings. The smallest absolute Gasteiger partial charge is 0.344 e. The molecule has 0 aliphatic heterocycles. The molecule has 1 aromatic heterocycles. The molecule has 0 fully saturated rings. The maximum Gasteiger partial charge on any atom is 0.344 e. The van der Waals surface area contributed by atoms with Crippen LogP contribution in [0.15, 0.2) is 73.4 Å². The third kappa shape index (κ3) is 8.62. The van der Waals surface area contributed by atoms with Crippen molar-refractivity contribution < 1.29 is 19.1 Å². The highest BCUT2D eigenvalue weighted by Crippen LogP contribution is 2.21. The maximum atomic E-state index is 11.5. The quantitative estimate of drug-likeness (QED) is 0.282. The van der Waals surface area contributed by atoms with Gasteiger partial charge < -0.3 is 25.4 Å². The Morgan fingerprint density at radius 3 is 2.44 bits per heavy atom.